The largest absolute Gasteiger partial charge is 0.0776 e. The molecule has 0 spiro atoms. The van der Waals surface area contributed by atoms with Gasteiger partial charge in [-0.2, -0.15) is 0 Å². The number of hydrogen-bond donors (Lipinski definition) is 0. The molecule has 2 heteroatoms. The van der Waals surface area contributed by atoms with E-state index in [2.05, 4.69) is 103 Å². The van der Waals surface area contributed by atoms with Gasteiger partial charge in [0.15, 0.2) is 0 Å². The first kappa shape index (κ1) is 21.3. The smallest absolute Gasteiger partial charge is 0.0683 e. The second-order valence-corrected chi connectivity index (χ2v) is 21.9. The molecular formula is C26H38Si2. The Morgan fingerprint density at radius 3 is 1.79 bits per heavy atom. The molecule has 0 saturated heterocycles. The lowest BCUT2D eigenvalue weighted by Gasteiger charge is -2.28. The number of fused-ring (bicyclic) bond motifs is 1. The minimum Gasteiger partial charge on any atom is -0.0683 e. The van der Waals surface area contributed by atoms with Gasteiger partial charge < -0.3 is 0 Å². The van der Waals surface area contributed by atoms with E-state index in [-0.39, 0.29) is 5.41 Å². The third kappa shape index (κ3) is 4.13. The summed E-state index contributed by atoms with van der Waals surface area (Å²) < 4.78 is 0. The van der Waals surface area contributed by atoms with Crippen molar-refractivity contribution in [3.05, 3.63) is 52.6 Å². The highest BCUT2D eigenvalue weighted by Crippen LogP contribution is 2.41. The zero-order valence-electron chi connectivity index (χ0n) is 19.7. The van der Waals surface area contributed by atoms with Crippen molar-refractivity contribution in [1.82, 2.24) is 0 Å². The standard InChI is InChI=1S/C26H38Si2/c1-18-13-19-11-12-24(26(2,3)4)25(23(19)14-18)20-15-21(27(5,6)7)17-22(16-20)28(8,9)10/h11-12,14-17H,13H2,1-10H3. The Morgan fingerprint density at radius 1 is 0.786 bits per heavy atom. The Balaban J connectivity index is 2.40. The van der Waals surface area contributed by atoms with Gasteiger partial charge in [-0.3, -0.25) is 0 Å². The van der Waals surface area contributed by atoms with Gasteiger partial charge in [0, 0.05) is 0 Å². The Morgan fingerprint density at radius 2 is 1.32 bits per heavy atom. The van der Waals surface area contributed by atoms with Crippen LogP contribution in [-0.4, -0.2) is 16.1 Å². The number of hydrogen-bond acceptors (Lipinski definition) is 0. The Hall–Kier alpha value is -1.39. The molecule has 1 aliphatic rings. The molecule has 0 unspecified atom stereocenters. The van der Waals surface area contributed by atoms with Crippen LogP contribution in [0.25, 0.3) is 17.2 Å². The van der Waals surface area contributed by atoms with Gasteiger partial charge in [0.2, 0.25) is 0 Å². The Labute approximate surface area is 175 Å². The van der Waals surface area contributed by atoms with Crippen LogP contribution in [0.2, 0.25) is 39.3 Å². The molecule has 2 aromatic carbocycles. The van der Waals surface area contributed by atoms with E-state index < -0.39 is 16.1 Å². The summed E-state index contributed by atoms with van der Waals surface area (Å²) in [5.41, 5.74) is 8.99. The first-order chi connectivity index (χ1) is 12.7. The minimum atomic E-state index is -1.40. The number of benzene rings is 2. The van der Waals surface area contributed by atoms with Crippen LogP contribution in [0.5, 0.6) is 0 Å². The summed E-state index contributed by atoms with van der Waals surface area (Å²) in [6.45, 7) is 24.2. The fourth-order valence-corrected chi connectivity index (χ4v) is 6.65. The average Bonchev–Trinajstić information content (AvgIpc) is 2.91. The molecule has 0 radical (unpaired) electrons. The molecule has 0 saturated carbocycles. The van der Waals surface area contributed by atoms with Crippen LogP contribution in [0.4, 0.5) is 0 Å². The predicted molar refractivity (Wildman–Crippen MR) is 134 cm³/mol. The molecule has 0 heterocycles. The molecule has 0 fully saturated rings. The zero-order valence-corrected chi connectivity index (χ0v) is 21.7. The van der Waals surface area contributed by atoms with E-state index in [0.29, 0.717) is 0 Å². The highest BCUT2D eigenvalue weighted by molar-refractivity contribution is 6.91. The van der Waals surface area contributed by atoms with Crippen LogP contribution < -0.4 is 10.4 Å². The quantitative estimate of drug-likeness (QED) is 0.497. The van der Waals surface area contributed by atoms with Gasteiger partial charge in [-0.15, -0.1) is 0 Å². The molecule has 0 nitrogen and oxygen atoms in total. The lowest BCUT2D eigenvalue weighted by molar-refractivity contribution is 0.591. The van der Waals surface area contributed by atoms with Crippen LogP contribution in [0.1, 0.15) is 44.4 Å². The van der Waals surface area contributed by atoms with Gasteiger partial charge in [-0.1, -0.05) is 112 Å². The monoisotopic (exact) mass is 406 g/mol. The summed E-state index contributed by atoms with van der Waals surface area (Å²) in [7, 11) is -2.81. The minimum absolute atomic E-state index is 0.128. The van der Waals surface area contributed by atoms with Crippen molar-refractivity contribution >= 4 is 32.6 Å². The summed E-state index contributed by atoms with van der Waals surface area (Å²) in [6, 6.07) is 12.4. The molecular weight excluding hydrogens is 368 g/mol. The van der Waals surface area contributed by atoms with E-state index in [9.17, 15) is 0 Å². The van der Waals surface area contributed by atoms with Crippen molar-refractivity contribution in [3.63, 3.8) is 0 Å². The fourth-order valence-electron chi connectivity index (χ4n) is 4.15. The molecule has 0 aliphatic heterocycles. The molecule has 150 valence electrons. The highest BCUT2D eigenvalue weighted by Gasteiger charge is 2.28. The molecule has 3 rings (SSSR count). The van der Waals surface area contributed by atoms with Gasteiger partial charge in [0.1, 0.15) is 0 Å². The summed E-state index contributed by atoms with van der Waals surface area (Å²) in [4.78, 5) is 0. The second kappa shape index (κ2) is 6.84. The summed E-state index contributed by atoms with van der Waals surface area (Å²) in [5, 5.41) is 3.19. The maximum Gasteiger partial charge on any atom is 0.0776 e. The molecule has 2 aromatic rings. The first-order valence-electron chi connectivity index (χ1n) is 10.7. The highest BCUT2D eigenvalue weighted by atomic mass is 28.3. The molecule has 0 amide bonds. The average molecular weight is 407 g/mol. The van der Waals surface area contributed by atoms with Gasteiger partial charge in [0.25, 0.3) is 0 Å². The first-order valence-corrected chi connectivity index (χ1v) is 17.7. The Bertz CT molecular complexity index is 910. The van der Waals surface area contributed by atoms with Crippen molar-refractivity contribution in [2.75, 3.05) is 0 Å². The second-order valence-electron chi connectivity index (χ2n) is 11.8. The number of rotatable bonds is 3. The van der Waals surface area contributed by atoms with Crippen molar-refractivity contribution in [2.24, 2.45) is 0 Å². The predicted octanol–water partition coefficient (Wildman–Crippen LogP) is 6.70. The van der Waals surface area contributed by atoms with Gasteiger partial charge >= 0.3 is 0 Å². The van der Waals surface area contributed by atoms with Crippen molar-refractivity contribution in [2.45, 2.75) is 78.8 Å². The molecule has 28 heavy (non-hydrogen) atoms. The summed E-state index contributed by atoms with van der Waals surface area (Å²) in [5.74, 6) is 0. The van der Waals surface area contributed by atoms with E-state index in [1.54, 1.807) is 10.4 Å². The normalized spacial score (nSPS) is 14.9. The van der Waals surface area contributed by atoms with Crippen molar-refractivity contribution < 1.29 is 0 Å². The Kier molecular flexibility index (Phi) is 5.21. The summed E-state index contributed by atoms with van der Waals surface area (Å²) in [6.07, 6.45) is 3.54. The maximum atomic E-state index is 2.54. The van der Waals surface area contributed by atoms with E-state index in [0.717, 1.165) is 6.42 Å². The molecule has 0 bridgehead atoms. The third-order valence-corrected chi connectivity index (χ3v) is 10.00. The fraction of sp³-hybridized carbons (Fsp3) is 0.462. The maximum absolute atomic E-state index is 2.54. The van der Waals surface area contributed by atoms with Crippen molar-refractivity contribution in [3.8, 4) is 11.1 Å². The van der Waals surface area contributed by atoms with E-state index in [4.69, 9.17) is 0 Å². The molecule has 0 aromatic heterocycles. The van der Waals surface area contributed by atoms with E-state index >= 15 is 0 Å². The van der Waals surface area contributed by atoms with Crippen LogP contribution in [0.15, 0.2) is 35.9 Å². The van der Waals surface area contributed by atoms with Crippen LogP contribution >= 0.6 is 0 Å². The lowest BCUT2D eigenvalue weighted by atomic mass is 9.79. The van der Waals surface area contributed by atoms with Crippen molar-refractivity contribution in [1.29, 1.82) is 0 Å². The van der Waals surface area contributed by atoms with E-state index in [1.165, 1.54) is 33.4 Å². The number of allylic oxidation sites excluding steroid dienone is 1. The zero-order chi connectivity index (χ0) is 21.1. The lowest BCUT2D eigenvalue weighted by Crippen LogP contribution is -2.45. The SMILES string of the molecule is CC1=Cc2c(ccc(C(C)(C)C)c2-c2cc([Si](C)(C)C)cc([Si](C)(C)C)c2)C1. The molecule has 0 N–H and O–H groups in total. The van der Waals surface area contributed by atoms with Gasteiger partial charge in [-0.05, 0) is 46.6 Å². The van der Waals surface area contributed by atoms with Gasteiger partial charge in [0.05, 0.1) is 16.1 Å². The molecule has 0 atom stereocenters. The third-order valence-electron chi connectivity index (χ3n) is 5.96. The van der Waals surface area contributed by atoms with Crippen LogP contribution in [0, 0.1) is 0 Å². The molecule has 1 aliphatic carbocycles. The summed E-state index contributed by atoms with van der Waals surface area (Å²) >= 11 is 0. The van der Waals surface area contributed by atoms with E-state index in [1.807, 2.05) is 0 Å². The van der Waals surface area contributed by atoms with Crippen LogP contribution in [-0.2, 0) is 11.8 Å². The van der Waals surface area contributed by atoms with Gasteiger partial charge in [-0.25, -0.2) is 0 Å². The topological polar surface area (TPSA) is 0 Å². The van der Waals surface area contributed by atoms with Crippen LogP contribution in [0.3, 0.4) is 0 Å².